The number of benzene rings is 1. The first-order valence-corrected chi connectivity index (χ1v) is 8.09. The van der Waals surface area contributed by atoms with E-state index in [1.54, 1.807) is 0 Å². The zero-order chi connectivity index (χ0) is 14.1. The van der Waals surface area contributed by atoms with Crippen molar-refractivity contribution in [2.75, 3.05) is 24.8 Å². The molecule has 0 radical (unpaired) electrons. The van der Waals surface area contributed by atoms with Gasteiger partial charge in [0.1, 0.15) is 12.4 Å². The van der Waals surface area contributed by atoms with E-state index in [0.717, 1.165) is 41.6 Å². The van der Waals surface area contributed by atoms with Gasteiger partial charge in [0.25, 0.3) is 0 Å². The Bertz CT molecular complexity index is 404. The minimum atomic E-state index is 0.0127. The zero-order valence-electron chi connectivity index (χ0n) is 11.6. The van der Waals surface area contributed by atoms with Crippen LogP contribution in [0.25, 0.3) is 0 Å². The molecule has 1 rings (SSSR count). The summed E-state index contributed by atoms with van der Waals surface area (Å²) in [6.45, 7) is 2.98. The molecule has 0 saturated carbocycles. The standard InChI is InChI=1S/C15H21IO3/c1-3-5-13-10-12(14(17)11-18-2)6-7-15(13)19-9-4-8-16/h6-7,10H,3-5,8-9,11H2,1-2H3. The Morgan fingerprint density at radius 2 is 2.16 bits per heavy atom. The summed E-state index contributed by atoms with van der Waals surface area (Å²) in [6.07, 6.45) is 2.99. The van der Waals surface area contributed by atoms with Gasteiger partial charge in [0.2, 0.25) is 0 Å². The summed E-state index contributed by atoms with van der Waals surface area (Å²) in [5, 5.41) is 0. The summed E-state index contributed by atoms with van der Waals surface area (Å²) < 4.78 is 11.8. The predicted molar refractivity (Wildman–Crippen MR) is 85.6 cm³/mol. The van der Waals surface area contributed by atoms with Gasteiger partial charge in [-0.2, -0.15) is 0 Å². The lowest BCUT2D eigenvalue weighted by Crippen LogP contribution is -2.08. The summed E-state index contributed by atoms with van der Waals surface area (Å²) in [7, 11) is 1.53. The van der Waals surface area contributed by atoms with E-state index in [2.05, 4.69) is 29.5 Å². The average molecular weight is 376 g/mol. The minimum absolute atomic E-state index is 0.0127. The third-order valence-electron chi connectivity index (χ3n) is 2.71. The smallest absolute Gasteiger partial charge is 0.188 e. The molecule has 0 spiro atoms. The second kappa shape index (κ2) is 9.31. The van der Waals surface area contributed by atoms with Crippen LogP contribution in [0.1, 0.15) is 35.7 Å². The highest BCUT2D eigenvalue weighted by atomic mass is 127. The van der Waals surface area contributed by atoms with Crippen LogP contribution < -0.4 is 4.74 Å². The fourth-order valence-electron chi connectivity index (χ4n) is 1.81. The molecule has 0 saturated heterocycles. The number of carbonyl (C=O) groups is 1. The Morgan fingerprint density at radius 1 is 1.37 bits per heavy atom. The predicted octanol–water partition coefficient (Wildman–Crippen LogP) is 3.67. The Hall–Kier alpha value is -0.620. The number of Topliss-reactive ketones (excluding diaryl/α,β-unsaturated/α-hetero) is 1. The molecule has 0 fully saturated rings. The van der Waals surface area contributed by atoms with E-state index >= 15 is 0 Å². The van der Waals surface area contributed by atoms with Crippen molar-refractivity contribution in [1.29, 1.82) is 0 Å². The average Bonchev–Trinajstić information content (AvgIpc) is 2.41. The largest absolute Gasteiger partial charge is 0.493 e. The number of methoxy groups -OCH3 is 1. The Labute approximate surface area is 128 Å². The molecule has 0 N–H and O–H groups in total. The molecule has 0 bridgehead atoms. The third-order valence-corrected chi connectivity index (χ3v) is 3.48. The molecule has 19 heavy (non-hydrogen) atoms. The second-order valence-electron chi connectivity index (χ2n) is 4.32. The maximum Gasteiger partial charge on any atom is 0.188 e. The molecular weight excluding hydrogens is 355 g/mol. The maximum absolute atomic E-state index is 11.8. The summed E-state index contributed by atoms with van der Waals surface area (Å²) in [4.78, 5) is 11.8. The maximum atomic E-state index is 11.8. The van der Waals surface area contributed by atoms with Gasteiger partial charge in [0, 0.05) is 17.1 Å². The quantitative estimate of drug-likeness (QED) is 0.286. The van der Waals surface area contributed by atoms with Crippen LogP contribution in [0.3, 0.4) is 0 Å². The summed E-state index contributed by atoms with van der Waals surface area (Å²) >= 11 is 2.34. The van der Waals surface area contributed by atoms with Gasteiger partial charge >= 0.3 is 0 Å². The van der Waals surface area contributed by atoms with Gasteiger partial charge < -0.3 is 9.47 Å². The minimum Gasteiger partial charge on any atom is -0.493 e. The van der Waals surface area contributed by atoms with Crippen molar-refractivity contribution < 1.29 is 14.3 Å². The monoisotopic (exact) mass is 376 g/mol. The van der Waals surface area contributed by atoms with Crippen molar-refractivity contribution >= 4 is 28.4 Å². The number of carbonyl (C=O) groups excluding carboxylic acids is 1. The summed E-state index contributed by atoms with van der Waals surface area (Å²) in [6, 6.07) is 5.66. The first kappa shape index (κ1) is 16.4. The molecule has 4 heteroatoms. The van der Waals surface area contributed by atoms with Gasteiger partial charge in [0.05, 0.1) is 6.61 Å². The topological polar surface area (TPSA) is 35.5 Å². The first-order chi connectivity index (χ1) is 9.22. The molecule has 0 unspecified atom stereocenters. The first-order valence-electron chi connectivity index (χ1n) is 6.56. The molecule has 0 aromatic heterocycles. The van der Waals surface area contributed by atoms with E-state index in [4.69, 9.17) is 9.47 Å². The van der Waals surface area contributed by atoms with Crippen LogP contribution in [0.15, 0.2) is 18.2 Å². The van der Waals surface area contributed by atoms with Gasteiger partial charge in [-0.3, -0.25) is 4.79 Å². The van der Waals surface area contributed by atoms with Crippen LogP contribution in [0.4, 0.5) is 0 Å². The van der Waals surface area contributed by atoms with Gasteiger partial charge in [-0.25, -0.2) is 0 Å². The van der Waals surface area contributed by atoms with E-state index in [9.17, 15) is 4.79 Å². The highest BCUT2D eigenvalue weighted by Crippen LogP contribution is 2.22. The highest BCUT2D eigenvalue weighted by molar-refractivity contribution is 14.1. The molecule has 0 aliphatic rings. The Morgan fingerprint density at radius 3 is 2.79 bits per heavy atom. The van der Waals surface area contributed by atoms with Crippen molar-refractivity contribution in [3.63, 3.8) is 0 Å². The Kier molecular flexibility index (Phi) is 8.05. The summed E-state index contributed by atoms with van der Waals surface area (Å²) in [5.41, 5.74) is 1.81. The Balaban J connectivity index is 2.84. The van der Waals surface area contributed by atoms with Gasteiger partial charge in [-0.15, -0.1) is 0 Å². The van der Waals surface area contributed by atoms with Crippen molar-refractivity contribution in [2.24, 2.45) is 0 Å². The lowest BCUT2D eigenvalue weighted by atomic mass is 10.0. The number of halogens is 1. The lowest BCUT2D eigenvalue weighted by Gasteiger charge is -2.12. The zero-order valence-corrected chi connectivity index (χ0v) is 13.7. The van der Waals surface area contributed by atoms with Crippen LogP contribution in [-0.2, 0) is 11.2 Å². The van der Waals surface area contributed by atoms with Crippen molar-refractivity contribution in [2.45, 2.75) is 26.2 Å². The van der Waals surface area contributed by atoms with Gasteiger partial charge in [-0.05, 0) is 36.6 Å². The number of rotatable bonds is 9. The van der Waals surface area contributed by atoms with Crippen molar-refractivity contribution in [3.05, 3.63) is 29.3 Å². The molecule has 0 atom stereocenters. The number of hydrogen-bond acceptors (Lipinski definition) is 3. The normalized spacial score (nSPS) is 10.5. The van der Waals surface area contributed by atoms with Crippen LogP contribution in [0.2, 0.25) is 0 Å². The lowest BCUT2D eigenvalue weighted by molar-refractivity contribution is 0.0848. The third kappa shape index (κ3) is 5.48. The molecule has 106 valence electrons. The van der Waals surface area contributed by atoms with Crippen LogP contribution in [-0.4, -0.2) is 30.5 Å². The molecule has 0 heterocycles. The number of aryl methyl sites for hydroxylation is 1. The van der Waals surface area contributed by atoms with E-state index in [1.165, 1.54) is 7.11 Å². The van der Waals surface area contributed by atoms with Gasteiger partial charge in [-0.1, -0.05) is 35.9 Å². The van der Waals surface area contributed by atoms with Crippen LogP contribution in [0.5, 0.6) is 5.75 Å². The van der Waals surface area contributed by atoms with E-state index in [1.807, 2.05) is 18.2 Å². The fraction of sp³-hybridized carbons (Fsp3) is 0.533. The highest BCUT2D eigenvalue weighted by Gasteiger charge is 2.10. The SMILES string of the molecule is CCCc1cc(C(=O)COC)ccc1OCCCI. The van der Waals surface area contributed by atoms with E-state index in [-0.39, 0.29) is 12.4 Å². The van der Waals surface area contributed by atoms with Crippen LogP contribution in [0, 0.1) is 0 Å². The number of hydrogen-bond donors (Lipinski definition) is 0. The van der Waals surface area contributed by atoms with Gasteiger partial charge in [0.15, 0.2) is 5.78 Å². The van der Waals surface area contributed by atoms with Crippen molar-refractivity contribution in [1.82, 2.24) is 0 Å². The molecule has 1 aromatic carbocycles. The van der Waals surface area contributed by atoms with Crippen molar-refractivity contribution in [3.8, 4) is 5.75 Å². The van der Waals surface area contributed by atoms with E-state index < -0.39 is 0 Å². The summed E-state index contributed by atoms with van der Waals surface area (Å²) in [5.74, 6) is 0.916. The molecular formula is C15H21IO3. The molecule has 0 aliphatic carbocycles. The van der Waals surface area contributed by atoms with E-state index in [0.29, 0.717) is 5.56 Å². The second-order valence-corrected chi connectivity index (χ2v) is 5.40. The fourth-order valence-corrected chi connectivity index (χ4v) is 2.12. The van der Waals surface area contributed by atoms with Crippen LogP contribution >= 0.6 is 22.6 Å². The molecule has 1 aromatic rings. The molecule has 3 nitrogen and oxygen atoms in total. The number of ketones is 1. The number of alkyl halides is 1. The molecule has 0 aliphatic heterocycles. The number of ether oxygens (including phenoxy) is 2. The molecule has 0 amide bonds.